The van der Waals surface area contributed by atoms with Gasteiger partial charge in [-0.05, 0) is 29.8 Å². The summed E-state index contributed by atoms with van der Waals surface area (Å²) in [5.41, 5.74) is 1.62. The first-order chi connectivity index (χ1) is 10.5. The Labute approximate surface area is 135 Å². The Bertz CT molecular complexity index is 640. The molecule has 0 radical (unpaired) electrons. The molecular weight excluding hydrogens is 297 g/mol. The Morgan fingerprint density at radius 1 is 1.14 bits per heavy atom. The lowest BCUT2D eigenvalue weighted by molar-refractivity contribution is 0.0781. The molecule has 0 aliphatic rings. The van der Waals surface area contributed by atoms with Crippen molar-refractivity contribution in [1.82, 2.24) is 4.90 Å². The van der Waals surface area contributed by atoms with E-state index in [2.05, 4.69) is 13.8 Å². The summed E-state index contributed by atoms with van der Waals surface area (Å²) in [5.74, 6) is -0.288. The van der Waals surface area contributed by atoms with Crippen molar-refractivity contribution in [1.29, 1.82) is 0 Å². The van der Waals surface area contributed by atoms with E-state index in [1.807, 2.05) is 24.3 Å². The topological polar surface area (TPSA) is 20.3 Å². The summed E-state index contributed by atoms with van der Waals surface area (Å²) in [4.78, 5) is 15.3. The van der Waals surface area contributed by atoms with Gasteiger partial charge >= 0.3 is 0 Å². The lowest BCUT2D eigenvalue weighted by Crippen LogP contribution is -2.26. The number of nitrogens with zero attached hydrogens (tertiary/aromatic N) is 1. The third-order valence-electron chi connectivity index (χ3n) is 3.16. The molecule has 2 nitrogen and oxygen atoms in total. The standard InChI is InChI=1S/C18H20FNOS/c1-13(2)22-17-7-5-4-6-16(17)18(21)20(3)12-14-8-10-15(19)11-9-14/h4-11,13H,12H2,1-3H3. The summed E-state index contributed by atoms with van der Waals surface area (Å²) in [6.07, 6.45) is 0. The van der Waals surface area contributed by atoms with Crippen LogP contribution in [-0.2, 0) is 6.54 Å². The predicted octanol–water partition coefficient (Wildman–Crippen LogP) is 4.60. The average molecular weight is 317 g/mol. The van der Waals surface area contributed by atoms with Gasteiger partial charge in [-0.3, -0.25) is 4.79 Å². The van der Waals surface area contributed by atoms with Crippen LogP contribution >= 0.6 is 11.8 Å². The fourth-order valence-corrected chi connectivity index (χ4v) is 3.09. The zero-order valence-electron chi connectivity index (χ0n) is 13.0. The molecule has 0 N–H and O–H groups in total. The van der Waals surface area contributed by atoms with Gasteiger partial charge in [-0.25, -0.2) is 4.39 Å². The van der Waals surface area contributed by atoms with Crippen molar-refractivity contribution in [2.45, 2.75) is 30.5 Å². The van der Waals surface area contributed by atoms with Crippen molar-refractivity contribution in [2.24, 2.45) is 0 Å². The highest BCUT2D eigenvalue weighted by molar-refractivity contribution is 8.00. The van der Waals surface area contributed by atoms with Gasteiger partial charge < -0.3 is 4.90 Å². The van der Waals surface area contributed by atoms with Gasteiger partial charge in [0, 0.05) is 23.7 Å². The van der Waals surface area contributed by atoms with Crippen LogP contribution in [0.3, 0.4) is 0 Å². The zero-order chi connectivity index (χ0) is 16.1. The lowest BCUT2D eigenvalue weighted by atomic mass is 10.1. The monoisotopic (exact) mass is 317 g/mol. The second-order valence-electron chi connectivity index (χ2n) is 5.45. The molecule has 2 aromatic carbocycles. The lowest BCUT2D eigenvalue weighted by Gasteiger charge is -2.19. The average Bonchev–Trinajstić information content (AvgIpc) is 2.49. The Kier molecular flexibility index (Phi) is 5.61. The highest BCUT2D eigenvalue weighted by atomic mass is 32.2. The van der Waals surface area contributed by atoms with E-state index in [1.165, 1.54) is 12.1 Å². The number of halogens is 1. The molecule has 0 aliphatic carbocycles. The first kappa shape index (κ1) is 16.6. The quantitative estimate of drug-likeness (QED) is 0.751. The van der Waals surface area contributed by atoms with E-state index in [0.29, 0.717) is 17.4 Å². The van der Waals surface area contributed by atoms with E-state index < -0.39 is 0 Å². The van der Waals surface area contributed by atoms with Gasteiger partial charge in [-0.15, -0.1) is 11.8 Å². The van der Waals surface area contributed by atoms with Gasteiger partial charge in [0.1, 0.15) is 5.82 Å². The molecule has 0 aliphatic heterocycles. The second-order valence-corrected chi connectivity index (χ2v) is 7.07. The number of hydrogen-bond donors (Lipinski definition) is 0. The van der Waals surface area contributed by atoms with Crippen molar-refractivity contribution in [2.75, 3.05) is 7.05 Å². The van der Waals surface area contributed by atoms with Crippen molar-refractivity contribution in [3.63, 3.8) is 0 Å². The van der Waals surface area contributed by atoms with Crippen molar-refractivity contribution < 1.29 is 9.18 Å². The molecule has 116 valence electrons. The second kappa shape index (κ2) is 7.45. The number of benzene rings is 2. The number of hydrogen-bond acceptors (Lipinski definition) is 2. The minimum absolute atomic E-state index is 0.0203. The van der Waals surface area contributed by atoms with Crippen LogP contribution in [0.4, 0.5) is 4.39 Å². The third kappa shape index (κ3) is 4.34. The van der Waals surface area contributed by atoms with Crippen LogP contribution in [-0.4, -0.2) is 23.1 Å². The molecule has 0 spiro atoms. The summed E-state index contributed by atoms with van der Waals surface area (Å²) in [7, 11) is 1.77. The fraction of sp³-hybridized carbons (Fsp3) is 0.278. The molecule has 0 saturated carbocycles. The number of amides is 1. The maximum Gasteiger partial charge on any atom is 0.255 e. The third-order valence-corrected chi connectivity index (χ3v) is 4.24. The molecule has 0 bridgehead atoms. The summed E-state index contributed by atoms with van der Waals surface area (Å²) in [6.45, 7) is 4.67. The van der Waals surface area contributed by atoms with Crippen LogP contribution in [0.1, 0.15) is 29.8 Å². The van der Waals surface area contributed by atoms with E-state index in [-0.39, 0.29) is 11.7 Å². The van der Waals surface area contributed by atoms with E-state index >= 15 is 0 Å². The van der Waals surface area contributed by atoms with Gasteiger partial charge in [0.2, 0.25) is 0 Å². The molecule has 2 aromatic rings. The minimum atomic E-state index is -0.267. The molecule has 1 amide bonds. The number of carbonyl (C=O) groups is 1. The molecule has 4 heteroatoms. The number of thioether (sulfide) groups is 1. The SMILES string of the molecule is CC(C)Sc1ccccc1C(=O)N(C)Cc1ccc(F)cc1. The summed E-state index contributed by atoms with van der Waals surface area (Å²) < 4.78 is 12.9. The van der Waals surface area contributed by atoms with Crippen molar-refractivity contribution in [3.05, 3.63) is 65.5 Å². The van der Waals surface area contributed by atoms with Crippen LogP contribution in [0.5, 0.6) is 0 Å². The summed E-state index contributed by atoms with van der Waals surface area (Å²) >= 11 is 1.68. The Morgan fingerprint density at radius 2 is 1.77 bits per heavy atom. The number of carbonyl (C=O) groups excluding carboxylic acids is 1. The van der Waals surface area contributed by atoms with Crippen LogP contribution in [0, 0.1) is 5.82 Å². The first-order valence-electron chi connectivity index (χ1n) is 7.23. The van der Waals surface area contributed by atoms with E-state index in [0.717, 1.165) is 10.5 Å². The normalized spacial score (nSPS) is 10.8. The van der Waals surface area contributed by atoms with Crippen LogP contribution in [0.2, 0.25) is 0 Å². The van der Waals surface area contributed by atoms with E-state index in [4.69, 9.17) is 0 Å². The summed E-state index contributed by atoms with van der Waals surface area (Å²) in [6, 6.07) is 13.9. The molecule has 0 aromatic heterocycles. The molecule has 22 heavy (non-hydrogen) atoms. The minimum Gasteiger partial charge on any atom is -0.337 e. The van der Waals surface area contributed by atoms with Gasteiger partial charge in [0.05, 0.1) is 5.56 Å². The molecule has 0 fully saturated rings. The zero-order valence-corrected chi connectivity index (χ0v) is 13.9. The first-order valence-corrected chi connectivity index (χ1v) is 8.11. The van der Waals surface area contributed by atoms with Gasteiger partial charge in [0.25, 0.3) is 5.91 Å². The van der Waals surface area contributed by atoms with Gasteiger partial charge in [-0.2, -0.15) is 0 Å². The highest BCUT2D eigenvalue weighted by Gasteiger charge is 2.16. The number of rotatable bonds is 5. The predicted molar refractivity (Wildman–Crippen MR) is 89.6 cm³/mol. The Hall–Kier alpha value is -1.81. The smallest absolute Gasteiger partial charge is 0.255 e. The molecule has 2 rings (SSSR count). The van der Waals surface area contributed by atoms with Crippen LogP contribution < -0.4 is 0 Å². The van der Waals surface area contributed by atoms with Crippen LogP contribution in [0.15, 0.2) is 53.4 Å². The maximum atomic E-state index is 12.9. The molecule has 0 saturated heterocycles. The van der Waals surface area contributed by atoms with Gasteiger partial charge in [-0.1, -0.05) is 38.1 Å². The van der Waals surface area contributed by atoms with E-state index in [9.17, 15) is 9.18 Å². The van der Waals surface area contributed by atoms with Gasteiger partial charge in [0.15, 0.2) is 0 Å². The molecular formula is C18H20FNOS. The van der Waals surface area contributed by atoms with Crippen LogP contribution in [0.25, 0.3) is 0 Å². The molecule has 0 unspecified atom stereocenters. The Morgan fingerprint density at radius 3 is 2.41 bits per heavy atom. The summed E-state index contributed by atoms with van der Waals surface area (Å²) in [5, 5.41) is 0.413. The highest BCUT2D eigenvalue weighted by Crippen LogP contribution is 2.27. The fourth-order valence-electron chi connectivity index (χ4n) is 2.14. The molecule has 0 heterocycles. The Balaban J connectivity index is 2.15. The molecule has 0 atom stereocenters. The largest absolute Gasteiger partial charge is 0.337 e. The maximum absolute atomic E-state index is 12.9. The van der Waals surface area contributed by atoms with Crippen molar-refractivity contribution in [3.8, 4) is 0 Å². The van der Waals surface area contributed by atoms with Crippen molar-refractivity contribution >= 4 is 17.7 Å². The van der Waals surface area contributed by atoms with E-state index in [1.54, 1.807) is 35.8 Å².